The van der Waals surface area contributed by atoms with Gasteiger partial charge >= 0.3 is 0 Å². The molecular weight excluding hydrogens is 254 g/mol. The molecular formula is C16H19NO3. The van der Waals surface area contributed by atoms with E-state index in [1.165, 1.54) is 0 Å². The van der Waals surface area contributed by atoms with Crippen LogP contribution in [-0.2, 0) is 6.61 Å². The van der Waals surface area contributed by atoms with Gasteiger partial charge in [-0.25, -0.2) is 0 Å². The molecule has 0 fully saturated rings. The van der Waals surface area contributed by atoms with Gasteiger partial charge in [-0.1, -0.05) is 13.8 Å². The van der Waals surface area contributed by atoms with Crippen LogP contribution in [-0.4, -0.2) is 16.7 Å². The molecule has 1 aromatic heterocycles. The SMILES string of the molecule is CC(C)COc1ccc(-c2ccc(CO)c(=O)[nH]2)cc1. The fourth-order valence-electron chi connectivity index (χ4n) is 1.79. The summed E-state index contributed by atoms with van der Waals surface area (Å²) in [6.45, 7) is 4.63. The van der Waals surface area contributed by atoms with Gasteiger partial charge < -0.3 is 14.8 Å². The number of pyridine rings is 1. The van der Waals surface area contributed by atoms with E-state index in [1.54, 1.807) is 12.1 Å². The van der Waals surface area contributed by atoms with E-state index in [0.29, 0.717) is 18.1 Å². The second kappa shape index (κ2) is 6.39. The molecule has 0 aliphatic carbocycles. The molecule has 20 heavy (non-hydrogen) atoms. The average Bonchev–Trinajstić information content (AvgIpc) is 2.45. The first kappa shape index (κ1) is 14.3. The summed E-state index contributed by atoms with van der Waals surface area (Å²) in [6.07, 6.45) is 0. The molecule has 0 aliphatic heterocycles. The number of aliphatic hydroxyl groups excluding tert-OH is 1. The minimum absolute atomic E-state index is 0.252. The van der Waals surface area contributed by atoms with E-state index in [-0.39, 0.29) is 12.2 Å². The highest BCUT2D eigenvalue weighted by atomic mass is 16.5. The predicted molar refractivity (Wildman–Crippen MR) is 78.8 cm³/mol. The molecule has 0 bridgehead atoms. The van der Waals surface area contributed by atoms with Crippen molar-refractivity contribution in [3.8, 4) is 17.0 Å². The van der Waals surface area contributed by atoms with E-state index in [0.717, 1.165) is 17.0 Å². The van der Waals surface area contributed by atoms with Crippen molar-refractivity contribution in [1.82, 2.24) is 4.98 Å². The molecule has 2 rings (SSSR count). The highest BCUT2D eigenvalue weighted by molar-refractivity contribution is 5.60. The van der Waals surface area contributed by atoms with Crippen LogP contribution < -0.4 is 10.3 Å². The van der Waals surface area contributed by atoms with Crippen LogP contribution in [0.4, 0.5) is 0 Å². The number of ether oxygens (including phenoxy) is 1. The first-order valence-corrected chi connectivity index (χ1v) is 6.66. The third-order valence-corrected chi connectivity index (χ3v) is 2.91. The molecule has 1 aromatic carbocycles. The number of rotatable bonds is 5. The highest BCUT2D eigenvalue weighted by Crippen LogP contribution is 2.20. The van der Waals surface area contributed by atoms with Crippen molar-refractivity contribution in [2.24, 2.45) is 5.92 Å². The van der Waals surface area contributed by atoms with E-state index in [4.69, 9.17) is 9.84 Å². The molecule has 0 saturated heterocycles. The number of hydrogen-bond acceptors (Lipinski definition) is 3. The Hall–Kier alpha value is -2.07. The van der Waals surface area contributed by atoms with E-state index >= 15 is 0 Å². The van der Waals surface area contributed by atoms with Crippen LogP contribution >= 0.6 is 0 Å². The molecule has 0 spiro atoms. The molecule has 0 radical (unpaired) electrons. The molecule has 4 nitrogen and oxygen atoms in total. The molecule has 0 unspecified atom stereocenters. The minimum Gasteiger partial charge on any atom is -0.493 e. The van der Waals surface area contributed by atoms with Crippen LogP contribution in [0.15, 0.2) is 41.2 Å². The molecule has 2 N–H and O–H groups in total. The van der Waals surface area contributed by atoms with Gasteiger partial charge in [0.25, 0.3) is 5.56 Å². The largest absolute Gasteiger partial charge is 0.493 e. The predicted octanol–water partition coefficient (Wildman–Crippen LogP) is 2.57. The summed E-state index contributed by atoms with van der Waals surface area (Å²) in [6, 6.07) is 11.0. The second-order valence-electron chi connectivity index (χ2n) is 5.11. The van der Waals surface area contributed by atoms with Gasteiger partial charge in [0, 0.05) is 11.3 Å². The summed E-state index contributed by atoms with van der Waals surface area (Å²) in [7, 11) is 0. The third kappa shape index (κ3) is 3.48. The van der Waals surface area contributed by atoms with Gasteiger partial charge in [-0.2, -0.15) is 0 Å². The zero-order valence-corrected chi connectivity index (χ0v) is 11.7. The summed E-state index contributed by atoms with van der Waals surface area (Å²) in [5.74, 6) is 1.30. The fourth-order valence-corrected chi connectivity index (χ4v) is 1.79. The van der Waals surface area contributed by atoms with Gasteiger partial charge in [-0.15, -0.1) is 0 Å². The first-order chi connectivity index (χ1) is 9.60. The van der Waals surface area contributed by atoms with Gasteiger partial charge in [0.1, 0.15) is 5.75 Å². The Kier molecular flexibility index (Phi) is 4.58. The quantitative estimate of drug-likeness (QED) is 0.880. The number of hydrogen-bond donors (Lipinski definition) is 2. The van der Waals surface area contributed by atoms with E-state index < -0.39 is 0 Å². The average molecular weight is 273 g/mol. The summed E-state index contributed by atoms with van der Waals surface area (Å²) in [4.78, 5) is 14.4. The smallest absolute Gasteiger partial charge is 0.253 e. The Labute approximate surface area is 118 Å². The van der Waals surface area contributed by atoms with Crippen molar-refractivity contribution in [3.63, 3.8) is 0 Å². The number of H-pyrrole nitrogens is 1. The zero-order chi connectivity index (χ0) is 14.5. The van der Waals surface area contributed by atoms with Crippen molar-refractivity contribution in [2.45, 2.75) is 20.5 Å². The third-order valence-electron chi connectivity index (χ3n) is 2.91. The van der Waals surface area contributed by atoms with E-state index in [9.17, 15) is 4.79 Å². The van der Waals surface area contributed by atoms with Crippen molar-refractivity contribution in [1.29, 1.82) is 0 Å². The summed E-state index contributed by atoms with van der Waals surface area (Å²) >= 11 is 0. The summed E-state index contributed by atoms with van der Waals surface area (Å²) < 4.78 is 5.61. The number of benzene rings is 1. The number of aliphatic hydroxyl groups is 1. The van der Waals surface area contributed by atoms with Gasteiger partial charge in [0.15, 0.2) is 0 Å². The maximum absolute atomic E-state index is 11.6. The molecule has 4 heteroatoms. The molecule has 0 saturated carbocycles. The lowest BCUT2D eigenvalue weighted by Gasteiger charge is -2.09. The van der Waals surface area contributed by atoms with Gasteiger partial charge in [0.2, 0.25) is 0 Å². The van der Waals surface area contributed by atoms with Crippen molar-refractivity contribution in [2.75, 3.05) is 6.61 Å². The van der Waals surface area contributed by atoms with Crippen LogP contribution in [0.25, 0.3) is 11.3 Å². The highest BCUT2D eigenvalue weighted by Gasteiger charge is 2.03. The van der Waals surface area contributed by atoms with Crippen molar-refractivity contribution >= 4 is 0 Å². The van der Waals surface area contributed by atoms with Crippen molar-refractivity contribution < 1.29 is 9.84 Å². The van der Waals surface area contributed by atoms with Gasteiger partial charge in [-0.05, 0) is 47.9 Å². The fraction of sp³-hybridized carbons (Fsp3) is 0.312. The summed E-state index contributed by atoms with van der Waals surface area (Å²) in [5.41, 5.74) is 1.74. The molecule has 2 aromatic rings. The lowest BCUT2D eigenvalue weighted by Crippen LogP contribution is -2.12. The molecule has 1 heterocycles. The van der Waals surface area contributed by atoms with Crippen LogP contribution in [0.2, 0.25) is 0 Å². The summed E-state index contributed by atoms with van der Waals surface area (Å²) in [5, 5.41) is 8.98. The Morgan fingerprint density at radius 3 is 2.40 bits per heavy atom. The van der Waals surface area contributed by atoms with Crippen LogP contribution in [0.1, 0.15) is 19.4 Å². The Morgan fingerprint density at radius 1 is 1.15 bits per heavy atom. The van der Waals surface area contributed by atoms with Gasteiger partial charge in [0.05, 0.1) is 13.2 Å². The Morgan fingerprint density at radius 2 is 1.85 bits per heavy atom. The van der Waals surface area contributed by atoms with E-state index in [2.05, 4.69) is 18.8 Å². The molecule has 106 valence electrons. The van der Waals surface area contributed by atoms with Crippen LogP contribution in [0, 0.1) is 5.92 Å². The van der Waals surface area contributed by atoms with Crippen LogP contribution in [0.3, 0.4) is 0 Å². The van der Waals surface area contributed by atoms with E-state index in [1.807, 2.05) is 24.3 Å². The monoisotopic (exact) mass is 273 g/mol. The number of aromatic amines is 1. The maximum atomic E-state index is 11.6. The number of nitrogens with one attached hydrogen (secondary N) is 1. The zero-order valence-electron chi connectivity index (χ0n) is 11.7. The second-order valence-corrected chi connectivity index (χ2v) is 5.11. The normalized spacial score (nSPS) is 10.8. The molecule has 0 atom stereocenters. The Balaban J connectivity index is 2.17. The lowest BCUT2D eigenvalue weighted by atomic mass is 10.1. The maximum Gasteiger partial charge on any atom is 0.253 e. The topological polar surface area (TPSA) is 62.3 Å². The first-order valence-electron chi connectivity index (χ1n) is 6.66. The standard InChI is InChI=1S/C16H19NO3/c1-11(2)10-20-14-6-3-12(4-7-14)15-8-5-13(9-18)16(19)17-15/h3-8,11,18H,9-10H2,1-2H3,(H,17,19). The minimum atomic E-state index is -0.259. The lowest BCUT2D eigenvalue weighted by molar-refractivity contribution is 0.271. The molecule has 0 aliphatic rings. The Bertz CT molecular complexity index is 614. The van der Waals surface area contributed by atoms with Crippen LogP contribution in [0.5, 0.6) is 5.75 Å². The van der Waals surface area contributed by atoms with Gasteiger partial charge in [-0.3, -0.25) is 4.79 Å². The number of aromatic nitrogens is 1. The molecule has 0 amide bonds. The van der Waals surface area contributed by atoms with Crippen molar-refractivity contribution in [3.05, 3.63) is 52.3 Å².